The number of halogens is 4. The maximum Gasteiger partial charge on any atom is 0.416 e. The van der Waals surface area contributed by atoms with Crippen molar-refractivity contribution in [1.82, 2.24) is 4.98 Å². The van der Waals surface area contributed by atoms with Crippen molar-refractivity contribution in [2.45, 2.75) is 30.5 Å². The van der Waals surface area contributed by atoms with Crippen LogP contribution in [0.25, 0.3) is 11.1 Å². The fraction of sp³-hybridized carbons (Fsp3) is 0.200. The zero-order chi connectivity index (χ0) is 30.1. The van der Waals surface area contributed by atoms with E-state index in [1.165, 1.54) is 24.3 Å². The van der Waals surface area contributed by atoms with Crippen LogP contribution >= 0.6 is 11.6 Å². The molecule has 0 saturated heterocycles. The molecule has 0 amide bonds. The number of fused-ring (bicyclic) bond motifs is 1. The summed E-state index contributed by atoms with van der Waals surface area (Å²) >= 11 is 6.05. The lowest BCUT2D eigenvalue weighted by molar-refractivity contribution is -0.138. The van der Waals surface area contributed by atoms with E-state index in [1.807, 2.05) is 17.0 Å². The lowest BCUT2D eigenvalue weighted by Gasteiger charge is -2.32. The molecule has 42 heavy (non-hydrogen) atoms. The van der Waals surface area contributed by atoms with Crippen LogP contribution in [0.2, 0.25) is 5.02 Å². The minimum atomic E-state index is -4.52. The van der Waals surface area contributed by atoms with E-state index in [-0.39, 0.29) is 34.2 Å². The molecule has 0 spiro atoms. The summed E-state index contributed by atoms with van der Waals surface area (Å²) in [5.41, 5.74) is 2.71. The number of benzene rings is 3. The van der Waals surface area contributed by atoms with Gasteiger partial charge in [0.2, 0.25) is 10.0 Å². The molecule has 0 radical (unpaired) electrons. The first kappa shape index (κ1) is 29.6. The Kier molecular flexibility index (Phi) is 8.27. The second-order valence-electron chi connectivity index (χ2n) is 9.93. The molecule has 2 heterocycles. The number of nitrogens with two attached hydrogens (primary N) is 1. The highest BCUT2D eigenvalue weighted by molar-refractivity contribution is 7.89. The zero-order valence-electron chi connectivity index (χ0n) is 22.2. The summed E-state index contributed by atoms with van der Waals surface area (Å²) < 4.78 is 64.0. The molecule has 0 bridgehead atoms. The van der Waals surface area contributed by atoms with Crippen LogP contribution in [0.4, 0.5) is 24.7 Å². The van der Waals surface area contributed by atoms with E-state index in [0.29, 0.717) is 42.1 Å². The van der Waals surface area contributed by atoms with Gasteiger partial charge in [-0.15, -0.1) is 0 Å². The number of nitrogens with zero attached hydrogens (tertiary/aromatic N) is 2. The monoisotopic (exact) mass is 614 g/mol. The van der Waals surface area contributed by atoms with Crippen molar-refractivity contribution in [3.63, 3.8) is 0 Å². The Hall–Kier alpha value is -3.93. The number of carbonyl (C=O) groups is 1. The van der Waals surface area contributed by atoms with Gasteiger partial charge in [0.05, 0.1) is 16.1 Å². The van der Waals surface area contributed by atoms with Gasteiger partial charge in [-0.1, -0.05) is 41.9 Å². The van der Waals surface area contributed by atoms with Crippen molar-refractivity contribution in [2.24, 2.45) is 5.14 Å². The van der Waals surface area contributed by atoms with Crippen molar-refractivity contribution in [1.29, 1.82) is 0 Å². The summed E-state index contributed by atoms with van der Waals surface area (Å²) in [6.07, 6.45) is -2.23. The first-order valence-electron chi connectivity index (χ1n) is 13.0. The van der Waals surface area contributed by atoms with Crippen LogP contribution in [-0.2, 0) is 29.2 Å². The molecule has 0 unspecified atom stereocenters. The average Bonchev–Trinajstić information content (AvgIpc) is 2.95. The molecule has 1 aliphatic rings. The fourth-order valence-corrected chi connectivity index (χ4v) is 5.59. The molecule has 0 fully saturated rings. The largest absolute Gasteiger partial charge is 0.416 e. The lowest BCUT2D eigenvalue weighted by Crippen LogP contribution is -2.34. The molecular weight excluding hydrogens is 589 g/mol. The van der Waals surface area contributed by atoms with Crippen LogP contribution in [0.15, 0.2) is 83.9 Å². The number of hydrogen-bond acceptors (Lipinski definition) is 6. The fourth-order valence-electron chi connectivity index (χ4n) is 4.88. The van der Waals surface area contributed by atoms with Gasteiger partial charge in [0.1, 0.15) is 5.82 Å². The van der Waals surface area contributed by atoms with Gasteiger partial charge in [0, 0.05) is 48.4 Å². The van der Waals surface area contributed by atoms with E-state index in [0.717, 1.165) is 17.2 Å². The van der Waals surface area contributed by atoms with Crippen molar-refractivity contribution in [3.8, 4) is 11.1 Å². The number of ketones is 1. The van der Waals surface area contributed by atoms with E-state index in [1.54, 1.807) is 36.5 Å². The molecule has 7 nitrogen and oxygen atoms in total. The van der Waals surface area contributed by atoms with Gasteiger partial charge in [-0.2, -0.15) is 13.2 Å². The number of aryl methyl sites for hydroxylation is 1. The van der Waals surface area contributed by atoms with Gasteiger partial charge in [-0.25, -0.2) is 18.5 Å². The van der Waals surface area contributed by atoms with E-state index >= 15 is 0 Å². The normalized spacial score (nSPS) is 13.4. The van der Waals surface area contributed by atoms with Crippen LogP contribution in [0.3, 0.4) is 0 Å². The average molecular weight is 615 g/mol. The molecular formula is C30H26ClF3N4O3S. The molecule has 0 saturated carbocycles. The molecule has 3 N–H and O–H groups in total. The van der Waals surface area contributed by atoms with Crippen LogP contribution in [-0.4, -0.2) is 32.3 Å². The number of Topliss-reactive ketones (excluding diaryl/α,β-unsaturated/α-hetero) is 1. The quantitative estimate of drug-likeness (QED) is 0.225. The van der Waals surface area contributed by atoms with Crippen molar-refractivity contribution in [2.75, 3.05) is 23.3 Å². The Labute approximate surface area is 246 Å². The van der Waals surface area contributed by atoms with Crippen molar-refractivity contribution >= 4 is 38.9 Å². The van der Waals surface area contributed by atoms with Crippen LogP contribution in [0, 0.1) is 0 Å². The highest BCUT2D eigenvalue weighted by atomic mass is 35.5. The molecule has 4 aromatic rings. The van der Waals surface area contributed by atoms with Crippen LogP contribution in [0.5, 0.6) is 0 Å². The summed E-state index contributed by atoms with van der Waals surface area (Å²) in [5.74, 6) is 0.462. The topological polar surface area (TPSA) is 105 Å². The number of aromatic nitrogens is 1. The van der Waals surface area contributed by atoms with E-state index in [2.05, 4.69) is 10.3 Å². The molecule has 12 heteroatoms. The number of carbonyl (C=O) groups excluding carboxylic acids is 1. The van der Waals surface area contributed by atoms with Crippen molar-refractivity contribution < 1.29 is 26.4 Å². The summed E-state index contributed by atoms with van der Waals surface area (Å²) in [4.78, 5) is 19.4. The van der Waals surface area contributed by atoms with Gasteiger partial charge >= 0.3 is 6.18 Å². The lowest BCUT2D eigenvalue weighted by atomic mass is 9.98. The number of nitrogens with one attached hydrogen (secondary N) is 1. The van der Waals surface area contributed by atoms with E-state index in [4.69, 9.17) is 16.7 Å². The third-order valence-electron chi connectivity index (χ3n) is 7.03. The van der Waals surface area contributed by atoms with Gasteiger partial charge in [0.25, 0.3) is 0 Å². The Morgan fingerprint density at radius 2 is 1.79 bits per heavy atom. The number of sulfonamides is 1. The summed E-state index contributed by atoms with van der Waals surface area (Å²) in [6.45, 7) is 0.959. The number of hydrogen-bond donors (Lipinski definition) is 2. The Morgan fingerprint density at radius 3 is 2.50 bits per heavy atom. The highest BCUT2D eigenvalue weighted by Gasteiger charge is 2.34. The number of anilines is 2. The highest BCUT2D eigenvalue weighted by Crippen LogP contribution is 2.37. The maximum atomic E-state index is 13.7. The van der Waals surface area contributed by atoms with E-state index in [9.17, 15) is 26.4 Å². The predicted molar refractivity (Wildman–Crippen MR) is 156 cm³/mol. The Bertz CT molecular complexity index is 1750. The Morgan fingerprint density at radius 1 is 1.02 bits per heavy atom. The first-order valence-corrected chi connectivity index (χ1v) is 14.9. The molecule has 0 aliphatic carbocycles. The summed E-state index contributed by atoms with van der Waals surface area (Å²) in [5, 5.41) is 8.55. The van der Waals surface area contributed by atoms with Gasteiger partial charge < -0.3 is 10.2 Å². The van der Waals surface area contributed by atoms with E-state index < -0.39 is 21.8 Å². The smallest absolute Gasteiger partial charge is 0.367 e. The first-order chi connectivity index (χ1) is 19.9. The molecule has 218 valence electrons. The Balaban J connectivity index is 1.35. The maximum absolute atomic E-state index is 13.7. The van der Waals surface area contributed by atoms with Crippen molar-refractivity contribution in [3.05, 3.63) is 106 Å². The third-order valence-corrected chi connectivity index (χ3v) is 8.19. The van der Waals surface area contributed by atoms with Gasteiger partial charge in [0.15, 0.2) is 5.78 Å². The molecule has 1 aliphatic heterocycles. The summed E-state index contributed by atoms with van der Waals surface area (Å²) in [6, 6.07) is 18.6. The SMILES string of the molecule is NS(=O)(=O)c1ccc(CCC(=O)c2cccc(-c3cnc4c(c3)N(Cc3cc(Cl)ccc3C(F)(F)F)CCN4)c2)cc1. The number of primary sulfonamides is 1. The minimum absolute atomic E-state index is 0.00561. The predicted octanol–water partition coefficient (Wildman–Crippen LogP) is 6.32. The molecule has 0 atom stereocenters. The second-order valence-corrected chi connectivity index (χ2v) is 11.9. The van der Waals surface area contributed by atoms with Gasteiger partial charge in [-0.05, 0) is 65.6 Å². The van der Waals surface area contributed by atoms with Crippen LogP contribution in [0.1, 0.15) is 33.5 Å². The number of pyridine rings is 1. The standard InChI is InChI=1S/C30H26ClF3N4O3S/c31-24-7-10-26(30(32,33)34)23(15-24)18-38-13-12-36-29-27(38)16-22(17-37-29)20-2-1-3-21(14-20)28(39)11-6-19-4-8-25(9-5-19)42(35,40)41/h1-5,7-10,14-17H,6,11-13,18H2,(H,36,37)(H2,35,40,41). The third kappa shape index (κ3) is 6.75. The summed E-state index contributed by atoms with van der Waals surface area (Å²) in [7, 11) is -3.79. The second kappa shape index (κ2) is 11.7. The molecule has 3 aromatic carbocycles. The van der Waals surface area contributed by atoms with Gasteiger partial charge in [-0.3, -0.25) is 4.79 Å². The minimum Gasteiger partial charge on any atom is -0.367 e. The molecule has 1 aromatic heterocycles. The van der Waals surface area contributed by atoms with Crippen LogP contribution < -0.4 is 15.4 Å². The molecule has 5 rings (SSSR count). The zero-order valence-corrected chi connectivity index (χ0v) is 23.7. The number of alkyl halides is 3. The number of rotatable bonds is 8.